The van der Waals surface area contributed by atoms with E-state index in [-0.39, 0.29) is 5.60 Å². The molecule has 1 unspecified atom stereocenters. The van der Waals surface area contributed by atoms with E-state index in [2.05, 4.69) is 39.9 Å². The van der Waals surface area contributed by atoms with Crippen LogP contribution in [0.5, 0.6) is 0 Å². The van der Waals surface area contributed by atoms with E-state index in [1.807, 2.05) is 0 Å². The van der Waals surface area contributed by atoms with Crippen molar-refractivity contribution >= 4 is 0 Å². The Bertz CT molecular complexity index is 151. The second-order valence-electron chi connectivity index (χ2n) is 5.54. The second-order valence-corrected chi connectivity index (χ2v) is 5.54. The molecule has 0 aliphatic heterocycles. The quantitative estimate of drug-likeness (QED) is 0.608. The predicted molar refractivity (Wildman–Crippen MR) is 71.9 cm³/mol. The molecule has 0 radical (unpaired) electrons. The molecular formula is C14H31NO. The average molecular weight is 229 g/mol. The molecule has 0 aromatic heterocycles. The van der Waals surface area contributed by atoms with Crippen molar-refractivity contribution < 1.29 is 4.74 Å². The fraction of sp³-hybridized carbons (Fsp3) is 1.00. The van der Waals surface area contributed by atoms with E-state index in [1.165, 1.54) is 32.1 Å². The molecule has 0 aromatic carbocycles. The van der Waals surface area contributed by atoms with Crippen LogP contribution in [0.25, 0.3) is 0 Å². The molecule has 0 saturated heterocycles. The largest absolute Gasteiger partial charge is 0.376 e. The number of hydrogen-bond donors (Lipinski definition) is 1. The minimum absolute atomic E-state index is 0.0110. The zero-order valence-electron chi connectivity index (χ0n) is 11.9. The van der Waals surface area contributed by atoms with Crippen LogP contribution >= 0.6 is 0 Å². The molecule has 0 bridgehead atoms. The molecule has 1 N–H and O–H groups in total. The summed E-state index contributed by atoms with van der Waals surface area (Å²) in [5.41, 5.74) is 0.0110. The van der Waals surface area contributed by atoms with Crippen molar-refractivity contribution in [3.8, 4) is 0 Å². The summed E-state index contributed by atoms with van der Waals surface area (Å²) in [7, 11) is 0. The zero-order valence-corrected chi connectivity index (χ0v) is 11.9. The van der Waals surface area contributed by atoms with E-state index < -0.39 is 0 Å². The van der Waals surface area contributed by atoms with Gasteiger partial charge in [0.1, 0.15) is 0 Å². The lowest BCUT2D eigenvalue weighted by Gasteiger charge is -2.21. The first-order valence-corrected chi connectivity index (χ1v) is 6.87. The van der Waals surface area contributed by atoms with Crippen LogP contribution in [0.1, 0.15) is 66.7 Å². The number of rotatable bonds is 9. The van der Waals surface area contributed by atoms with Gasteiger partial charge < -0.3 is 10.1 Å². The summed E-state index contributed by atoms with van der Waals surface area (Å²) in [4.78, 5) is 0. The van der Waals surface area contributed by atoms with E-state index in [9.17, 15) is 0 Å². The van der Waals surface area contributed by atoms with Gasteiger partial charge in [0.2, 0.25) is 0 Å². The Hall–Kier alpha value is -0.0800. The van der Waals surface area contributed by atoms with Crippen LogP contribution in [-0.2, 0) is 4.74 Å². The standard InChI is InChI=1S/C14H31NO/c1-6-9-13(15-11-7-2)10-8-12-16-14(3,4)5/h13,15H,6-12H2,1-5H3. The third kappa shape index (κ3) is 10.4. The molecule has 0 amide bonds. The molecule has 1 atom stereocenters. The van der Waals surface area contributed by atoms with Crippen molar-refractivity contribution in [1.82, 2.24) is 5.32 Å². The van der Waals surface area contributed by atoms with E-state index in [0.717, 1.165) is 13.2 Å². The van der Waals surface area contributed by atoms with Crippen LogP contribution in [0.2, 0.25) is 0 Å². The fourth-order valence-electron chi connectivity index (χ4n) is 1.75. The number of hydrogen-bond acceptors (Lipinski definition) is 2. The van der Waals surface area contributed by atoms with Crippen molar-refractivity contribution in [3.63, 3.8) is 0 Å². The zero-order chi connectivity index (χ0) is 12.4. The van der Waals surface area contributed by atoms with E-state index in [0.29, 0.717) is 6.04 Å². The molecular weight excluding hydrogens is 198 g/mol. The molecule has 0 aliphatic rings. The van der Waals surface area contributed by atoms with Gasteiger partial charge in [-0.15, -0.1) is 0 Å². The summed E-state index contributed by atoms with van der Waals surface area (Å²) in [5, 5.41) is 3.61. The first kappa shape index (κ1) is 15.9. The molecule has 0 rings (SSSR count). The van der Waals surface area contributed by atoms with Gasteiger partial charge in [-0.1, -0.05) is 20.3 Å². The first-order chi connectivity index (χ1) is 7.49. The number of nitrogens with one attached hydrogen (secondary N) is 1. The van der Waals surface area contributed by atoms with E-state index >= 15 is 0 Å². The lowest BCUT2D eigenvalue weighted by atomic mass is 10.1. The Balaban J connectivity index is 3.59. The van der Waals surface area contributed by atoms with Gasteiger partial charge in [0.15, 0.2) is 0 Å². The lowest BCUT2D eigenvalue weighted by molar-refractivity contribution is -0.00545. The van der Waals surface area contributed by atoms with Crippen LogP contribution in [0, 0.1) is 0 Å². The Labute approximate surface area is 102 Å². The van der Waals surface area contributed by atoms with Crippen LogP contribution in [0.15, 0.2) is 0 Å². The van der Waals surface area contributed by atoms with Gasteiger partial charge in [0.25, 0.3) is 0 Å². The highest BCUT2D eigenvalue weighted by molar-refractivity contribution is 4.66. The van der Waals surface area contributed by atoms with Gasteiger partial charge in [-0.3, -0.25) is 0 Å². The Morgan fingerprint density at radius 3 is 2.25 bits per heavy atom. The first-order valence-electron chi connectivity index (χ1n) is 6.87. The van der Waals surface area contributed by atoms with E-state index in [1.54, 1.807) is 0 Å². The van der Waals surface area contributed by atoms with Gasteiger partial charge in [-0.25, -0.2) is 0 Å². The average Bonchev–Trinajstić information content (AvgIpc) is 2.19. The highest BCUT2D eigenvalue weighted by Gasteiger charge is 2.10. The highest BCUT2D eigenvalue weighted by atomic mass is 16.5. The Morgan fingerprint density at radius 2 is 1.75 bits per heavy atom. The van der Waals surface area contributed by atoms with Gasteiger partial charge in [-0.2, -0.15) is 0 Å². The molecule has 2 heteroatoms. The maximum atomic E-state index is 5.73. The molecule has 0 fully saturated rings. The van der Waals surface area contributed by atoms with Crippen molar-refractivity contribution in [2.24, 2.45) is 0 Å². The minimum atomic E-state index is 0.0110. The summed E-state index contributed by atoms with van der Waals surface area (Å²) in [5.74, 6) is 0. The summed E-state index contributed by atoms with van der Waals surface area (Å²) in [6.07, 6.45) is 6.18. The Kier molecular flexibility index (Phi) is 8.96. The van der Waals surface area contributed by atoms with Gasteiger partial charge in [0.05, 0.1) is 5.60 Å². The molecule has 0 heterocycles. The number of ether oxygens (including phenoxy) is 1. The third-order valence-corrected chi connectivity index (χ3v) is 2.55. The molecule has 16 heavy (non-hydrogen) atoms. The van der Waals surface area contributed by atoms with Crippen LogP contribution in [0.4, 0.5) is 0 Å². The van der Waals surface area contributed by atoms with Crippen molar-refractivity contribution in [1.29, 1.82) is 0 Å². The molecule has 98 valence electrons. The van der Waals surface area contributed by atoms with Gasteiger partial charge >= 0.3 is 0 Å². The summed E-state index contributed by atoms with van der Waals surface area (Å²) in [6.45, 7) is 12.9. The molecule has 0 saturated carbocycles. The van der Waals surface area contributed by atoms with Crippen LogP contribution < -0.4 is 5.32 Å². The monoisotopic (exact) mass is 229 g/mol. The van der Waals surface area contributed by atoms with E-state index in [4.69, 9.17) is 4.74 Å². The van der Waals surface area contributed by atoms with Crippen LogP contribution in [-0.4, -0.2) is 24.8 Å². The molecule has 0 aromatic rings. The van der Waals surface area contributed by atoms with Crippen molar-refractivity contribution in [2.45, 2.75) is 78.4 Å². The van der Waals surface area contributed by atoms with Crippen molar-refractivity contribution in [3.05, 3.63) is 0 Å². The minimum Gasteiger partial charge on any atom is -0.376 e. The molecule has 0 spiro atoms. The van der Waals surface area contributed by atoms with Crippen LogP contribution in [0.3, 0.4) is 0 Å². The Morgan fingerprint density at radius 1 is 1.06 bits per heavy atom. The smallest absolute Gasteiger partial charge is 0.0598 e. The summed E-state index contributed by atoms with van der Waals surface area (Å²) < 4.78 is 5.73. The van der Waals surface area contributed by atoms with Gasteiger partial charge in [-0.05, 0) is 53.0 Å². The molecule has 0 aliphatic carbocycles. The van der Waals surface area contributed by atoms with Gasteiger partial charge in [0, 0.05) is 12.6 Å². The maximum Gasteiger partial charge on any atom is 0.0598 e. The molecule has 2 nitrogen and oxygen atoms in total. The fourth-order valence-corrected chi connectivity index (χ4v) is 1.75. The predicted octanol–water partition coefficient (Wildman–Crippen LogP) is 3.75. The topological polar surface area (TPSA) is 21.3 Å². The normalized spacial score (nSPS) is 14.1. The lowest BCUT2D eigenvalue weighted by Crippen LogP contribution is -2.30. The SMILES string of the molecule is CCCNC(CCC)CCCOC(C)(C)C. The summed E-state index contributed by atoms with van der Waals surface area (Å²) >= 11 is 0. The van der Waals surface area contributed by atoms with Crippen molar-refractivity contribution in [2.75, 3.05) is 13.2 Å². The summed E-state index contributed by atoms with van der Waals surface area (Å²) in [6, 6.07) is 0.688. The maximum absolute atomic E-state index is 5.73. The second kappa shape index (κ2) is 9.00. The third-order valence-electron chi connectivity index (χ3n) is 2.55. The highest BCUT2D eigenvalue weighted by Crippen LogP contribution is 2.10.